The molecular weight excluding hydrogens is 276 g/mol. The number of H-pyrrole nitrogens is 1. The third-order valence-electron chi connectivity index (χ3n) is 4.00. The molecule has 1 aromatic heterocycles. The van der Waals surface area contributed by atoms with Gasteiger partial charge in [-0.3, -0.25) is 0 Å². The number of aryl methyl sites for hydroxylation is 1. The molecule has 4 nitrogen and oxygen atoms in total. The normalized spacial score (nSPS) is 20.2. The van der Waals surface area contributed by atoms with Gasteiger partial charge in [0.2, 0.25) is 0 Å². The topological polar surface area (TPSA) is 47.1 Å². The molecule has 1 spiro atoms. The lowest BCUT2D eigenvalue weighted by atomic mass is 9.95. The maximum Gasteiger partial charge on any atom is 0.174 e. The van der Waals surface area contributed by atoms with Gasteiger partial charge in [-0.25, -0.2) is 4.98 Å². The van der Waals surface area contributed by atoms with Gasteiger partial charge in [0, 0.05) is 24.1 Å². The van der Waals surface area contributed by atoms with Crippen LogP contribution < -0.4 is 0 Å². The Kier molecular flexibility index (Phi) is 2.84. The molecule has 1 fully saturated rings. The summed E-state index contributed by atoms with van der Waals surface area (Å²) in [5.41, 5.74) is 3.14. The van der Waals surface area contributed by atoms with Crippen LogP contribution in [-0.2, 0) is 22.3 Å². The van der Waals surface area contributed by atoms with Gasteiger partial charge >= 0.3 is 0 Å². The lowest BCUT2D eigenvalue weighted by Gasteiger charge is -2.30. The molecule has 1 aliphatic carbocycles. The largest absolute Gasteiger partial charge is 0.347 e. The quantitative estimate of drug-likeness (QED) is 0.878. The number of nitrogens with one attached hydrogen (secondary N) is 1. The molecule has 0 radical (unpaired) electrons. The number of benzene rings is 1. The van der Waals surface area contributed by atoms with Crippen molar-refractivity contribution in [1.29, 1.82) is 0 Å². The highest BCUT2D eigenvalue weighted by atomic mass is 35.5. The van der Waals surface area contributed by atoms with Crippen molar-refractivity contribution in [3.05, 3.63) is 40.7 Å². The van der Waals surface area contributed by atoms with Gasteiger partial charge in [-0.2, -0.15) is 0 Å². The molecule has 2 heterocycles. The Balaban J connectivity index is 1.70. The highest BCUT2D eigenvalue weighted by Gasteiger charge is 2.41. The monoisotopic (exact) mass is 290 g/mol. The zero-order chi connectivity index (χ0) is 13.6. The highest BCUT2D eigenvalue weighted by Crippen LogP contribution is 2.36. The zero-order valence-corrected chi connectivity index (χ0v) is 11.7. The van der Waals surface area contributed by atoms with Crippen LogP contribution in [0.15, 0.2) is 24.3 Å². The summed E-state index contributed by atoms with van der Waals surface area (Å²) in [7, 11) is 0. The number of hydrogen-bond donors (Lipinski definition) is 1. The fraction of sp³-hybridized carbons (Fsp3) is 0.400. The maximum absolute atomic E-state index is 6.23. The van der Waals surface area contributed by atoms with Crippen molar-refractivity contribution in [2.24, 2.45) is 0 Å². The Hall–Kier alpha value is -1.36. The van der Waals surface area contributed by atoms with Crippen LogP contribution in [-0.4, -0.2) is 29.0 Å². The minimum absolute atomic E-state index is 0.433. The lowest BCUT2D eigenvalue weighted by molar-refractivity contribution is -0.164. The number of fused-ring (bicyclic) bond motifs is 1. The molecule has 20 heavy (non-hydrogen) atoms. The van der Waals surface area contributed by atoms with Gasteiger partial charge in [-0.1, -0.05) is 23.7 Å². The van der Waals surface area contributed by atoms with Crippen molar-refractivity contribution in [3.8, 4) is 11.4 Å². The SMILES string of the molecule is Clc1ccccc1-c1nc2c([nH]1)CC1(CC2)OCCO1. The van der Waals surface area contributed by atoms with Crippen molar-refractivity contribution in [2.75, 3.05) is 13.2 Å². The average molecular weight is 291 g/mol. The minimum Gasteiger partial charge on any atom is -0.347 e. The first-order valence-electron chi connectivity index (χ1n) is 6.86. The highest BCUT2D eigenvalue weighted by molar-refractivity contribution is 6.33. The molecule has 2 aliphatic rings. The molecule has 104 valence electrons. The van der Waals surface area contributed by atoms with Gasteiger partial charge < -0.3 is 14.5 Å². The fourth-order valence-electron chi connectivity index (χ4n) is 2.99. The first kappa shape index (κ1) is 12.4. The van der Waals surface area contributed by atoms with E-state index >= 15 is 0 Å². The summed E-state index contributed by atoms with van der Waals surface area (Å²) in [6.07, 6.45) is 2.48. The van der Waals surface area contributed by atoms with Crippen LogP contribution >= 0.6 is 11.6 Å². The van der Waals surface area contributed by atoms with Crippen LogP contribution in [0.1, 0.15) is 17.8 Å². The molecule has 0 bridgehead atoms. The number of imidazole rings is 1. The predicted molar refractivity (Wildman–Crippen MR) is 75.7 cm³/mol. The Morgan fingerprint density at radius 1 is 1.20 bits per heavy atom. The fourth-order valence-corrected chi connectivity index (χ4v) is 3.21. The smallest absolute Gasteiger partial charge is 0.174 e. The van der Waals surface area contributed by atoms with Crippen molar-refractivity contribution >= 4 is 11.6 Å². The number of nitrogens with zero attached hydrogens (tertiary/aromatic N) is 1. The molecule has 1 aliphatic heterocycles. The van der Waals surface area contributed by atoms with Crippen LogP contribution in [0.4, 0.5) is 0 Å². The van der Waals surface area contributed by atoms with E-state index in [0.29, 0.717) is 18.2 Å². The summed E-state index contributed by atoms with van der Waals surface area (Å²) < 4.78 is 11.6. The molecular formula is C15H15ClN2O2. The molecule has 0 amide bonds. The van der Waals surface area contributed by atoms with Crippen LogP contribution in [0.25, 0.3) is 11.4 Å². The first-order valence-corrected chi connectivity index (χ1v) is 7.24. The zero-order valence-electron chi connectivity index (χ0n) is 11.0. The van der Waals surface area contributed by atoms with Gasteiger partial charge in [-0.15, -0.1) is 0 Å². The minimum atomic E-state index is -0.433. The average Bonchev–Trinajstić information content (AvgIpc) is 3.06. The molecule has 0 atom stereocenters. The Bertz CT molecular complexity index is 647. The van der Waals surface area contributed by atoms with Gasteiger partial charge in [0.15, 0.2) is 5.79 Å². The second kappa shape index (κ2) is 4.58. The number of aromatic amines is 1. The van der Waals surface area contributed by atoms with E-state index in [4.69, 9.17) is 21.1 Å². The summed E-state index contributed by atoms with van der Waals surface area (Å²) in [4.78, 5) is 8.07. The Morgan fingerprint density at radius 2 is 2.00 bits per heavy atom. The molecule has 1 saturated heterocycles. The molecule has 0 unspecified atom stereocenters. The van der Waals surface area contributed by atoms with Crippen LogP contribution in [0, 0.1) is 0 Å². The standard InChI is InChI=1S/C15H15ClN2O2/c16-11-4-2-1-3-10(11)14-17-12-5-6-15(9-13(12)18-14)19-7-8-20-15/h1-4H,5-9H2,(H,17,18). The van der Waals surface area contributed by atoms with E-state index < -0.39 is 5.79 Å². The van der Waals surface area contributed by atoms with E-state index in [2.05, 4.69) is 9.97 Å². The van der Waals surface area contributed by atoms with Crippen LogP contribution in [0.5, 0.6) is 0 Å². The van der Waals surface area contributed by atoms with Crippen molar-refractivity contribution < 1.29 is 9.47 Å². The van der Waals surface area contributed by atoms with E-state index in [1.165, 1.54) is 0 Å². The summed E-state index contributed by atoms with van der Waals surface area (Å²) >= 11 is 6.23. The molecule has 0 saturated carbocycles. The summed E-state index contributed by atoms with van der Waals surface area (Å²) in [5, 5.41) is 0.710. The van der Waals surface area contributed by atoms with E-state index in [-0.39, 0.29) is 0 Å². The molecule has 2 aromatic rings. The van der Waals surface area contributed by atoms with Gasteiger partial charge in [-0.05, 0) is 18.6 Å². The maximum atomic E-state index is 6.23. The van der Waals surface area contributed by atoms with Crippen LogP contribution in [0.2, 0.25) is 5.02 Å². The molecule has 5 heteroatoms. The Labute approximate surface area is 122 Å². The number of hydrogen-bond acceptors (Lipinski definition) is 3. The molecule has 4 rings (SSSR count). The molecule has 1 N–H and O–H groups in total. The second-order valence-corrected chi connectivity index (χ2v) is 5.68. The third kappa shape index (κ3) is 1.95. The number of ether oxygens (including phenoxy) is 2. The Morgan fingerprint density at radius 3 is 2.80 bits per heavy atom. The number of rotatable bonds is 1. The van der Waals surface area contributed by atoms with E-state index in [1.807, 2.05) is 24.3 Å². The van der Waals surface area contributed by atoms with E-state index in [0.717, 1.165) is 42.0 Å². The van der Waals surface area contributed by atoms with Crippen molar-refractivity contribution in [3.63, 3.8) is 0 Å². The van der Waals surface area contributed by atoms with E-state index in [9.17, 15) is 0 Å². The van der Waals surface area contributed by atoms with Crippen LogP contribution in [0.3, 0.4) is 0 Å². The second-order valence-electron chi connectivity index (χ2n) is 5.27. The van der Waals surface area contributed by atoms with Crippen molar-refractivity contribution in [1.82, 2.24) is 9.97 Å². The summed E-state index contributed by atoms with van der Waals surface area (Å²) in [5.74, 6) is 0.396. The number of aromatic nitrogens is 2. The van der Waals surface area contributed by atoms with Gasteiger partial charge in [0.1, 0.15) is 5.82 Å². The predicted octanol–water partition coefficient (Wildman–Crippen LogP) is 2.96. The number of halogens is 1. The van der Waals surface area contributed by atoms with Crippen molar-refractivity contribution in [2.45, 2.75) is 25.0 Å². The van der Waals surface area contributed by atoms with Gasteiger partial charge in [0.25, 0.3) is 0 Å². The van der Waals surface area contributed by atoms with E-state index in [1.54, 1.807) is 0 Å². The first-order chi connectivity index (χ1) is 9.76. The lowest BCUT2D eigenvalue weighted by Crippen LogP contribution is -2.37. The molecule has 1 aromatic carbocycles. The third-order valence-corrected chi connectivity index (χ3v) is 4.33. The summed E-state index contributed by atoms with van der Waals surface area (Å²) in [6, 6.07) is 7.74. The van der Waals surface area contributed by atoms with Gasteiger partial charge in [0.05, 0.1) is 23.9 Å². The summed E-state index contributed by atoms with van der Waals surface area (Å²) in [6.45, 7) is 1.36.